The number of nitrogens with zero attached hydrogens (tertiary/aromatic N) is 1. The SMILES string of the molecule is CC(C)(C)Cc1ccc(CC(C)(C)Cc2ccccn2)s1. The predicted octanol–water partition coefficient (Wildman–Crippen LogP) is 5.54. The average molecular weight is 301 g/mol. The Kier molecular flexibility index (Phi) is 4.88. The van der Waals surface area contributed by atoms with E-state index in [2.05, 4.69) is 63.9 Å². The van der Waals surface area contributed by atoms with E-state index in [0.717, 1.165) is 12.8 Å². The highest BCUT2D eigenvalue weighted by Crippen LogP contribution is 2.31. The topological polar surface area (TPSA) is 12.9 Å². The van der Waals surface area contributed by atoms with Crippen LogP contribution < -0.4 is 0 Å². The lowest BCUT2D eigenvalue weighted by molar-refractivity contribution is 0.359. The highest BCUT2D eigenvalue weighted by molar-refractivity contribution is 7.12. The van der Waals surface area contributed by atoms with E-state index in [-0.39, 0.29) is 5.41 Å². The van der Waals surface area contributed by atoms with Gasteiger partial charge in [-0.15, -0.1) is 11.3 Å². The summed E-state index contributed by atoms with van der Waals surface area (Å²) in [6, 6.07) is 10.8. The van der Waals surface area contributed by atoms with Crippen LogP contribution in [0, 0.1) is 10.8 Å². The predicted molar refractivity (Wildman–Crippen MR) is 92.9 cm³/mol. The monoisotopic (exact) mass is 301 g/mol. The van der Waals surface area contributed by atoms with E-state index in [1.165, 1.54) is 21.9 Å². The third-order valence-electron chi connectivity index (χ3n) is 3.46. The molecule has 114 valence electrons. The van der Waals surface area contributed by atoms with Crippen LogP contribution in [0.15, 0.2) is 36.5 Å². The molecule has 1 nitrogen and oxygen atoms in total. The Morgan fingerprint density at radius 2 is 1.52 bits per heavy atom. The Bertz CT molecular complexity index is 561. The van der Waals surface area contributed by atoms with E-state index in [1.807, 2.05) is 23.6 Å². The summed E-state index contributed by atoms with van der Waals surface area (Å²) in [5.41, 5.74) is 1.80. The summed E-state index contributed by atoms with van der Waals surface area (Å²) >= 11 is 1.98. The van der Waals surface area contributed by atoms with Crippen molar-refractivity contribution >= 4 is 11.3 Å². The van der Waals surface area contributed by atoms with Gasteiger partial charge in [0.15, 0.2) is 0 Å². The lowest BCUT2D eigenvalue weighted by atomic mass is 9.83. The van der Waals surface area contributed by atoms with Gasteiger partial charge in [0, 0.05) is 21.6 Å². The molecule has 2 rings (SSSR count). The maximum absolute atomic E-state index is 4.46. The van der Waals surface area contributed by atoms with Crippen LogP contribution in [-0.4, -0.2) is 4.98 Å². The van der Waals surface area contributed by atoms with Crippen molar-refractivity contribution in [1.29, 1.82) is 0 Å². The molecule has 0 radical (unpaired) electrons. The number of pyridine rings is 1. The first-order valence-corrected chi connectivity index (χ1v) is 8.53. The van der Waals surface area contributed by atoms with Crippen molar-refractivity contribution in [2.24, 2.45) is 10.8 Å². The van der Waals surface area contributed by atoms with E-state index in [4.69, 9.17) is 0 Å². The molecule has 0 saturated heterocycles. The molecule has 0 aliphatic carbocycles. The standard InChI is InChI=1S/C19H27NS/c1-18(2,3)13-16-9-10-17(21-16)14-19(4,5)12-15-8-6-7-11-20-15/h6-11H,12-14H2,1-5H3. The second kappa shape index (κ2) is 6.31. The third kappa shape index (κ3) is 5.62. The lowest BCUT2D eigenvalue weighted by Gasteiger charge is -2.23. The van der Waals surface area contributed by atoms with Gasteiger partial charge in [0.2, 0.25) is 0 Å². The summed E-state index contributed by atoms with van der Waals surface area (Å²) < 4.78 is 0. The van der Waals surface area contributed by atoms with E-state index in [1.54, 1.807) is 0 Å². The van der Waals surface area contributed by atoms with Crippen LogP contribution in [0.5, 0.6) is 0 Å². The molecule has 0 spiro atoms. The van der Waals surface area contributed by atoms with Crippen molar-refractivity contribution in [3.8, 4) is 0 Å². The summed E-state index contributed by atoms with van der Waals surface area (Å²) in [5, 5.41) is 0. The van der Waals surface area contributed by atoms with E-state index in [9.17, 15) is 0 Å². The Hall–Kier alpha value is -1.15. The van der Waals surface area contributed by atoms with Gasteiger partial charge in [-0.05, 0) is 54.4 Å². The van der Waals surface area contributed by atoms with Crippen molar-refractivity contribution < 1.29 is 0 Å². The van der Waals surface area contributed by atoms with Crippen molar-refractivity contribution in [3.63, 3.8) is 0 Å². The minimum atomic E-state index is 0.248. The van der Waals surface area contributed by atoms with E-state index >= 15 is 0 Å². The molecule has 0 saturated carbocycles. The van der Waals surface area contributed by atoms with E-state index in [0.29, 0.717) is 5.41 Å². The van der Waals surface area contributed by atoms with Gasteiger partial charge >= 0.3 is 0 Å². The van der Waals surface area contributed by atoms with Crippen LogP contribution in [0.1, 0.15) is 50.1 Å². The Balaban J connectivity index is 2.00. The van der Waals surface area contributed by atoms with Crippen LogP contribution in [0.25, 0.3) is 0 Å². The first kappa shape index (κ1) is 16.2. The number of aromatic nitrogens is 1. The van der Waals surface area contributed by atoms with Crippen molar-refractivity contribution in [2.45, 2.75) is 53.9 Å². The highest BCUT2D eigenvalue weighted by atomic mass is 32.1. The number of rotatable bonds is 5. The normalized spacial score (nSPS) is 12.6. The quantitative estimate of drug-likeness (QED) is 0.706. The molecule has 0 aromatic carbocycles. The fourth-order valence-corrected chi connectivity index (χ4v) is 4.24. The maximum Gasteiger partial charge on any atom is 0.0409 e. The van der Waals surface area contributed by atoms with E-state index < -0.39 is 0 Å². The summed E-state index contributed by atoms with van der Waals surface area (Å²) in [6.07, 6.45) is 5.20. The highest BCUT2D eigenvalue weighted by Gasteiger charge is 2.21. The lowest BCUT2D eigenvalue weighted by Crippen LogP contribution is -2.18. The van der Waals surface area contributed by atoms with Gasteiger partial charge in [-0.3, -0.25) is 4.98 Å². The minimum absolute atomic E-state index is 0.248. The molecule has 0 atom stereocenters. The molecule has 0 aliphatic rings. The first-order chi connectivity index (χ1) is 9.73. The molecular formula is C19H27NS. The van der Waals surface area contributed by atoms with Gasteiger partial charge in [0.25, 0.3) is 0 Å². The molecule has 21 heavy (non-hydrogen) atoms. The molecule has 0 unspecified atom stereocenters. The van der Waals surface area contributed by atoms with Gasteiger partial charge in [-0.25, -0.2) is 0 Å². The molecule has 0 N–H and O–H groups in total. The molecule has 0 fully saturated rings. The number of thiophene rings is 1. The Morgan fingerprint density at radius 3 is 2.10 bits per heavy atom. The summed E-state index contributed by atoms with van der Waals surface area (Å²) in [4.78, 5) is 7.46. The summed E-state index contributed by atoms with van der Waals surface area (Å²) in [6.45, 7) is 11.6. The molecule has 2 aromatic heterocycles. The van der Waals surface area contributed by atoms with Gasteiger partial charge in [-0.2, -0.15) is 0 Å². The first-order valence-electron chi connectivity index (χ1n) is 7.71. The van der Waals surface area contributed by atoms with Crippen LogP contribution >= 0.6 is 11.3 Å². The molecule has 0 amide bonds. The zero-order valence-electron chi connectivity index (χ0n) is 13.9. The third-order valence-corrected chi connectivity index (χ3v) is 4.55. The van der Waals surface area contributed by atoms with Gasteiger partial charge < -0.3 is 0 Å². The van der Waals surface area contributed by atoms with Crippen LogP contribution in [0.4, 0.5) is 0 Å². The zero-order valence-corrected chi connectivity index (χ0v) is 14.8. The largest absolute Gasteiger partial charge is 0.261 e. The summed E-state index contributed by atoms with van der Waals surface area (Å²) in [7, 11) is 0. The Morgan fingerprint density at radius 1 is 0.857 bits per heavy atom. The van der Waals surface area contributed by atoms with Gasteiger partial charge in [0.05, 0.1) is 0 Å². The van der Waals surface area contributed by atoms with Gasteiger partial charge in [-0.1, -0.05) is 40.7 Å². The van der Waals surface area contributed by atoms with Crippen LogP contribution in [0.3, 0.4) is 0 Å². The maximum atomic E-state index is 4.46. The van der Waals surface area contributed by atoms with Gasteiger partial charge in [0.1, 0.15) is 0 Å². The fraction of sp³-hybridized carbons (Fsp3) is 0.526. The molecular weight excluding hydrogens is 274 g/mol. The second-order valence-electron chi connectivity index (χ2n) is 7.94. The zero-order chi connectivity index (χ0) is 15.5. The molecule has 0 aliphatic heterocycles. The molecule has 0 bridgehead atoms. The van der Waals surface area contributed by atoms with Crippen LogP contribution in [0.2, 0.25) is 0 Å². The number of hydrogen-bond acceptors (Lipinski definition) is 2. The Labute approximate surface area is 133 Å². The minimum Gasteiger partial charge on any atom is -0.261 e. The van der Waals surface area contributed by atoms with Crippen molar-refractivity contribution in [1.82, 2.24) is 4.98 Å². The molecule has 2 heterocycles. The molecule has 2 heteroatoms. The van der Waals surface area contributed by atoms with Crippen molar-refractivity contribution in [3.05, 3.63) is 52.0 Å². The number of hydrogen-bond donors (Lipinski definition) is 0. The summed E-state index contributed by atoms with van der Waals surface area (Å²) in [5.74, 6) is 0. The smallest absolute Gasteiger partial charge is 0.0409 e. The average Bonchev–Trinajstić information content (AvgIpc) is 2.73. The molecule has 2 aromatic rings. The van der Waals surface area contributed by atoms with Crippen molar-refractivity contribution in [2.75, 3.05) is 0 Å². The second-order valence-corrected chi connectivity index (χ2v) is 9.20. The van der Waals surface area contributed by atoms with Crippen LogP contribution in [-0.2, 0) is 19.3 Å². The fourth-order valence-electron chi connectivity index (χ4n) is 2.66.